The summed E-state index contributed by atoms with van der Waals surface area (Å²) in [6.07, 6.45) is -37.5. The van der Waals surface area contributed by atoms with Crippen LogP contribution in [0.4, 0.5) is 79.8 Å². The molecule has 204 valence electrons. The second-order valence-electron chi connectivity index (χ2n) is 5.81. The highest BCUT2D eigenvalue weighted by Crippen LogP contribution is 2.56. The minimum Gasteiger partial charge on any atom is -0.382 e. The third-order valence-corrected chi connectivity index (χ3v) is 3.99. The Balaban J connectivity index is 3.68. The molecular weight excluding hydrogens is 573 g/mol. The molecule has 35 heavy (non-hydrogen) atoms. The van der Waals surface area contributed by atoms with Gasteiger partial charge < -0.3 is 5.73 Å². The van der Waals surface area contributed by atoms with Crippen LogP contribution in [-0.2, 0) is 9.47 Å². The van der Waals surface area contributed by atoms with Crippen LogP contribution in [0, 0.1) is 0 Å². The summed E-state index contributed by atoms with van der Waals surface area (Å²) in [4.78, 5) is 5.46. The molecule has 0 amide bonds. The van der Waals surface area contributed by atoms with Gasteiger partial charge in [-0.2, -0.15) is 79.6 Å². The molecule has 0 spiro atoms. The minimum atomic E-state index is -7.98. The van der Waals surface area contributed by atoms with Crippen molar-refractivity contribution in [3.8, 4) is 0 Å². The topological polar surface area (TPSA) is 69.7 Å². The number of rotatable bonds is 8. The summed E-state index contributed by atoms with van der Waals surface area (Å²) in [6, 6.07) is 0. The lowest BCUT2D eigenvalue weighted by atomic mass is 10.2. The summed E-state index contributed by atoms with van der Waals surface area (Å²) >= 11 is 0.195. The molecule has 0 aliphatic carbocycles. The van der Waals surface area contributed by atoms with Crippen molar-refractivity contribution in [1.29, 1.82) is 0 Å². The molecule has 0 unspecified atom stereocenters. The number of ether oxygens (including phenoxy) is 2. The van der Waals surface area contributed by atoms with E-state index in [0.29, 0.717) is 0 Å². The SMILES string of the molecule is NC(=Nc1nccs1)[C@](F)(OC(F)(F)[C@@](F)(OC(F)(F)C(F)(F)C(F)(F)F)C(F)(F)F)C(F)(F)F. The van der Waals surface area contributed by atoms with E-state index in [2.05, 4.69) is 20.4 Å². The standard InChI is InChI=1S/C12H4F17N3O2S/c13-5(8(17,18)19,3(30)32-4-31-1-2-35-4)33-12(28,29)7(16,10(23,24)25)34-11(26,27)6(14,15)9(20,21)22/h1-2H,(H2,30,31,32)/t5-,7-/m0/s1. The van der Waals surface area contributed by atoms with E-state index in [1.54, 1.807) is 0 Å². The van der Waals surface area contributed by atoms with Crippen LogP contribution in [-0.4, -0.2) is 59.2 Å². The first-order valence-corrected chi connectivity index (χ1v) is 8.40. The first-order valence-electron chi connectivity index (χ1n) is 7.52. The Hall–Kier alpha value is -2.17. The lowest BCUT2D eigenvalue weighted by Gasteiger charge is -2.40. The first-order chi connectivity index (χ1) is 15.2. The van der Waals surface area contributed by atoms with Gasteiger partial charge in [0.15, 0.2) is 5.84 Å². The second kappa shape index (κ2) is 8.74. The molecule has 0 radical (unpaired) electrons. The molecule has 0 aromatic carbocycles. The number of hydrogen-bond donors (Lipinski definition) is 1. The van der Waals surface area contributed by atoms with Crippen molar-refractivity contribution in [3.05, 3.63) is 11.6 Å². The lowest BCUT2D eigenvalue weighted by Crippen LogP contribution is -2.68. The van der Waals surface area contributed by atoms with Crippen LogP contribution < -0.4 is 5.73 Å². The number of nitrogens with zero attached hydrogens (tertiary/aromatic N) is 2. The predicted octanol–water partition coefficient (Wildman–Crippen LogP) is 6.00. The largest absolute Gasteiger partial charge is 0.462 e. The molecule has 1 aromatic heterocycles. The molecule has 5 nitrogen and oxygen atoms in total. The van der Waals surface area contributed by atoms with E-state index >= 15 is 0 Å². The van der Waals surface area contributed by atoms with Gasteiger partial charge in [0, 0.05) is 11.6 Å². The summed E-state index contributed by atoms with van der Waals surface area (Å²) in [5.74, 6) is -25.3. The normalized spacial score (nSPS) is 18.8. The summed E-state index contributed by atoms with van der Waals surface area (Å²) in [5, 5.41) is -0.127. The summed E-state index contributed by atoms with van der Waals surface area (Å²) in [5.41, 5.74) is 4.44. The van der Waals surface area contributed by atoms with Gasteiger partial charge in [0.05, 0.1) is 0 Å². The van der Waals surface area contributed by atoms with Gasteiger partial charge in [-0.1, -0.05) is 0 Å². The van der Waals surface area contributed by atoms with Crippen molar-refractivity contribution in [1.82, 2.24) is 4.98 Å². The van der Waals surface area contributed by atoms with E-state index in [9.17, 15) is 74.6 Å². The van der Waals surface area contributed by atoms with Gasteiger partial charge >= 0.3 is 48.4 Å². The third kappa shape index (κ3) is 5.49. The van der Waals surface area contributed by atoms with Gasteiger partial charge in [-0.15, -0.1) is 11.3 Å². The van der Waals surface area contributed by atoms with Gasteiger partial charge in [0.2, 0.25) is 5.13 Å². The zero-order chi connectivity index (χ0) is 28.1. The fourth-order valence-corrected chi connectivity index (χ4v) is 2.15. The van der Waals surface area contributed by atoms with Crippen LogP contribution in [0.3, 0.4) is 0 Å². The maximum absolute atomic E-state index is 14.3. The molecule has 0 aliphatic heterocycles. The number of nitrogens with two attached hydrogens (primary N) is 1. The Morgan fingerprint density at radius 2 is 1.20 bits per heavy atom. The molecule has 23 heteroatoms. The van der Waals surface area contributed by atoms with E-state index < -0.39 is 59.3 Å². The average molecular weight is 577 g/mol. The lowest BCUT2D eigenvalue weighted by molar-refractivity contribution is -0.547. The molecular formula is C12H4F17N3O2S. The van der Waals surface area contributed by atoms with Gasteiger partial charge in [-0.25, -0.2) is 4.98 Å². The van der Waals surface area contributed by atoms with Crippen LogP contribution in [0.1, 0.15) is 0 Å². The van der Waals surface area contributed by atoms with Crippen molar-refractivity contribution >= 4 is 22.3 Å². The monoisotopic (exact) mass is 577 g/mol. The van der Waals surface area contributed by atoms with E-state index in [1.165, 1.54) is 4.74 Å². The molecule has 0 aliphatic rings. The van der Waals surface area contributed by atoms with Gasteiger partial charge in [0.1, 0.15) is 0 Å². The van der Waals surface area contributed by atoms with Gasteiger partial charge in [-0.05, 0) is 0 Å². The summed E-state index contributed by atoms with van der Waals surface area (Å²) in [6.45, 7) is 0. The summed E-state index contributed by atoms with van der Waals surface area (Å²) < 4.78 is 225. The molecule has 0 saturated heterocycles. The first kappa shape index (κ1) is 30.9. The molecule has 1 heterocycles. The number of amidine groups is 1. The van der Waals surface area contributed by atoms with Crippen molar-refractivity contribution < 1.29 is 84.1 Å². The van der Waals surface area contributed by atoms with E-state index in [0.717, 1.165) is 11.6 Å². The number of halogens is 17. The minimum absolute atomic E-state index is 0.195. The molecule has 0 saturated carbocycles. The number of thiazole rings is 1. The Morgan fingerprint density at radius 1 is 0.714 bits per heavy atom. The Kier molecular flexibility index (Phi) is 7.71. The molecule has 2 atom stereocenters. The van der Waals surface area contributed by atoms with Crippen LogP contribution in [0.15, 0.2) is 16.6 Å². The maximum atomic E-state index is 14.3. The number of alkyl halides is 17. The smallest absolute Gasteiger partial charge is 0.382 e. The average Bonchev–Trinajstić information content (AvgIpc) is 3.10. The van der Waals surface area contributed by atoms with Crippen LogP contribution in [0.5, 0.6) is 0 Å². The maximum Gasteiger partial charge on any atom is 0.462 e. The van der Waals surface area contributed by atoms with Crippen LogP contribution >= 0.6 is 11.3 Å². The van der Waals surface area contributed by atoms with E-state index in [1.807, 2.05) is 0 Å². The van der Waals surface area contributed by atoms with Crippen LogP contribution in [0.2, 0.25) is 0 Å². The van der Waals surface area contributed by atoms with Crippen LogP contribution in [0.25, 0.3) is 0 Å². The van der Waals surface area contributed by atoms with Crippen molar-refractivity contribution in [2.45, 2.75) is 48.4 Å². The van der Waals surface area contributed by atoms with E-state index in [4.69, 9.17) is 0 Å². The molecule has 0 fully saturated rings. The number of aliphatic imine (C=N–C) groups is 1. The van der Waals surface area contributed by atoms with Crippen molar-refractivity contribution in [2.75, 3.05) is 0 Å². The zero-order valence-electron chi connectivity index (χ0n) is 15.3. The molecule has 0 bridgehead atoms. The zero-order valence-corrected chi connectivity index (χ0v) is 16.1. The summed E-state index contributed by atoms with van der Waals surface area (Å²) in [7, 11) is 0. The van der Waals surface area contributed by atoms with Crippen molar-refractivity contribution in [3.63, 3.8) is 0 Å². The van der Waals surface area contributed by atoms with Gasteiger partial charge in [0.25, 0.3) is 0 Å². The van der Waals surface area contributed by atoms with Crippen molar-refractivity contribution in [2.24, 2.45) is 10.7 Å². The molecule has 1 aromatic rings. The predicted molar refractivity (Wildman–Crippen MR) is 76.3 cm³/mol. The molecule has 1 rings (SSSR count). The fraction of sp³-hybridized carbons (Fsp3) is 0.667. The Bertz CT molecular complexity index is 909. The highest BCUT2D eigenvalue weighted by Gasteiger charge is 2.85. The third-order valence-electron chi connectivity index (χ3n) is 3.33. The number of hydrogen-bond acceptors (Lipinski definition) is 5. The quantitative estimate of drug-likeness (QED) is 0.234. The molecule has 2 N–H and O–H groups in total. The fourth-order valence-electron chi connectivity index (χ4n) is 1.63. The van der Waals surface area contributed by atoms with E-state index in [-0.39, 0.29) is 11.3 Å². The van der Waals surface area contributed by atoms with Gasteiger partial charge in [-0.3, -0.25) is 9.47 Å². The highest BCUT2D eigenvalue weighted by molar-refractivity contribution is 7.13. The second-order valence-corrected chi connectivity index (χ2v) is 6.68. The Labute approximate surface area is 183 Å². The Morgan fingerprint density at radius 3 is 1.54 bits per heavy atom. The number of aromatic nitrogens is 1. The highest BCUT2D eigenvalue weighted by atomic mass is 32.1.